The van der Waals surface area contributed by atoms with E-state index in [4.69, 9.17) is 18.9 Å². The lowest BCUT2D eigenvalue weighted by molar-refractivity contribution is -0.143. The number of benzene rings is 2. The molecule has 1 unspecified atom stereocenters. The van der Waals surface area contributed by atoms with Crippen molar-refractivity contribution >= 4 is 30.2 Å². The van der Waals surface area contributed by atoms with Gasteiger partial charge >= 0.3 is 24.2 Å². The minimum absolute atomic E-state index is 0.00861. The van der Waals surface area contributed by atoms with Crippen LogP contribution in [0.15, 0.2) is 65.7 Å². The molecule has 0 radical (unpaired) electrons. The molecule has 1 heterocycles. The van der Waals surface area contributed by atoms with Crippen LogP contribution < -0.4 is 10.6 Å². The molecule has 0 aromatic heterocycles. The number of rotatable bonds is 8. The number of aliphatic imine (C=N–C) groups is 1. The van der Waals surface area contributed by atoms with E-state index < -0.39 is 35.9 Å². The summed E-state index contributed by atoms with van der Waals surface area (Å²) in [5.74, 6) is -0.764. The van der Waals surface area contributed by atoms with Crippen LogP contribution in [0.2, 0.25) is 0 Å². The zero-order valence-electron chi connectivity index (χ0n) is 25.0. The Morgan fingerprint density at radius 3 is 2.12 bits per heavy atom. The summed E-state index contributed by atoms with van der Waals surface area (Å²) < 4.78 is 20.9. The van der Waals surface area contributed by atoms with E-state index in [1.165, 1.54) is 7.11 Å². The number of esters is 1. The average Bonchev–Trinajstić information content (AvgIpc) is 2.98. The predicted octanol–water partition coefficient (Wildman–Crippen LogP) is 4.77. The minimum Gasteiger partial charge on any atom is -0.467 e. The molecule has 0 saturated carbocycles. The number of methoxy groups -OCH3 is 1. The molecule has 2 aromatic rings. The van der Waals surface area contributed by atoms with E-state index in [2.05, 4.69) is 15.6 Å². The monoisotopic (exact) mass is 596 g/mol. The minimum atomic E-state index is -0.954. The molecule has 1 fully saturated rings. The Hall–Kier alpha value is -4.61. The molecule has 3 rings (SSSR count). The molecule has 12 nitrogen and oxygen atoms in total. The first kappa shape index (κ1) is 32.9. The van der Waals surface area contributed by atoms with Crippen molar-refractivity contribution < 1.29 is 38.1 Å². The quantitative estimate of drug-likeness (QED) is 0.190. The van der Waals surface area contributed by atoms with Crippen molar-refractivity contribution in [2.24, 2.45) is 10.9 Å². The molecular weight excluding hydrogens is 556 g/mol. The summed E-state index contributed by atoms with van der Waals surface area (Å²) in [7, 11) is 1.25. The molecule has 0 bridgehead atoms. The second-order valence-electron chi connectivity index (χ2n) is 11.1. The van der Waals surface area contributed by atoms with E-state index in [1.54, 1.807) is 25.7 Å². The number of carbonyl (C=O) groups is 4. The van der Waals surface area contributed by atoms with Gasteiger partial charge in [0.1, 0.15) is 24.9 Å². The molecule has 43 heavy (non-hydrogen) atoms. The van der Waals surface area contributed by atoms with Crippen LogP contribution in [0.4, 0.5) is 14.4 Å². The van der Waals surface area contributed by atoms with Gasteiger partial charge in [0.25, 0.3) is 0 Å². The maximum Gasteiger partial charge on any atom is 0.437 e. The van der Waals surface area contributed by atoms with Gasteiger partial charge in [0, 0.05) is 13.1 Å². The third-order valence-electron chi connectivity index (χ3n) is 6.39. The van der Waals surface area contributed by atoms with E-state index >= 15 is 0 Å². The fourth-order valence-corrected chi connectivity index (χ4v) is 4.46. The number of alkyl carbamates (subject to hydrolysis) is 2. The Bertz CT molecular complexity index is 1250. The van der Waals surface area contributed by atoms with E-state index in [-0.39, 0.29) is 31.5 Å². The van der Waals surface area contributed by atoms with Crippen LogP contribution in [0, 0.1) is 5.92 Å². The highest BCUT2D eigenvalue weighted by Crippen LogP contribution is 2.22. The van der Waals surface area contributed by atoms with Crippen LogP contribution in [-0.2, 0) is 37.0 Å². The SMILES string of the molecule is COC(=O)[C@H](CC1CCCN(/C(=N/C(=O)OCc2ccccc2)NC(=O)OCc2ccccc2)C1)NC(=O)OC(C)(C)C. The lowest BCUT2D eigenvalue weighted by Gasteiger charge is -2.35. The summed E-state index contributed by atoms with van der Waals surface area (Å²) in [6, 6.07) is 17.4. The molecule has 3 amide bonds. The van der Waals surface area contributed by atoms with Gasteiger partial charge < -0.3 is 29.2 Å². The van der Waals surface area contributed by atoms with Gasteiger partial charge in [-0.3, -0.25) is 5.32 Å². The van der Waals surface area contributed by atoms with Crippen LogP contribution >= 0.6 is 0 Å². The number of guanidine groups is 1. The van der Waals surface area contributed by atoms with E-state index in [0.717, 1.165) is 17.5 Å². The molecule has 0 spiro atoms. The number of nitrogens with one attached hydrogen (secondary N) is 2. The van der Waals surface area contributed by atoms with E-state index in [1.807, 2.05) is 60.7 Å². The summed E-state index contributed by atoms with van der Waals surface area (Å²) >= 11 is 0. The number of ether oxygens (including phenoxy) is 4. The maximum absolute atomic E-state index is 12.7. The van der Waals surface area contributed by atoms with E-state index in [9.17, 15) is 19.2 Å². The summed E-state index contributed by atoms with van der Waals surface area (Å²) in [6.07, 6.45) is -0.773. The van der Waals surface area contributed by atoms with Crippen molar-refractivity contribution in [3.05, 3.63) is 71.8 Å². The molecule has 1 saturated heterocycles. The summed E-state index contributed by atoms with van der Waals surface area (Å²) in [4.78, 5) is 56.1. The predicted molar refractivity (Wildman–Crippen MR) is 158 cm³/mol. The Balaban J connectivity index is 1.71. The van der Waals surface area contributed by atoms with Crippen LogP contribution in [0.3, 0.4) is 0 Å². The Labute approximate surface area is 251 Å². The normalized spacial score (nSPS) is 16.0. The topological polar surface area (TPSA) is 145 Å². The number of piperidine rings is 1. The van der Waals surface area contributed by atoms with Crippen molar-refractivity contribution in [3.63, 3.8) is 0 Å². The third kappa shape index (κ3) is 12.0. The molecule has 232 valence electrons. The Morgan fingerprint density at radius 2 is 1.53 bits per heavy atom. The van der Waals surface area contributed by atoms with E-state index in [0.29, 0.717) is 19.5 Å². The molecule has 1 aliphatic heterocycles. The Kier molecular flexibility index (Phi) is 12.3. The molecule has 12 heteroatoms. The van der Waals surface area contributed by atoms with Gasteiger partial charge in [-0.1, -0.05) is 60.7 Å². The van der Waals surface area contributed by atoms with Gasteiger partial charge in [0.05, 0.1) is 7.11 Å². The molecular formula is C31H40N4O8. The van der Waals surface area contributed by atoms with Gasteiger partial charge in [-0.25, -0.2) is 19.2 Å². The molecule has 2 N–H and O–H groups in total. The highest BCUT2D eigenvalue weighted by molar-refractivity contribution is 5.98. The van der Waals surface area contributed by atoms with Gasteiger partial charge in [-0.15, -0.1) is 4.99 Å². The highest BCUT2D eigenvalue weighted by Gasteiger charge is 2.31. The first-order chi connectivity index (χ1) is 20.5. The number of nitrogens with zero attached hydrogens (tertiary/aromatic N) is 2. The average molecular weight is 597 g/mol. The smallest absolute Gasteiger partial charge is 0.437 e. The Morgan fingerprint density at radius 1 is 0.930 bits per heavy atom. The van der Waals surface area contributed by atoms with Crippen molar-refractivity contribution in [1.82, 2.24) is 15.5 Å². The number of hydrogen-bond acceptors (Lipinski definition) is 8. The largest absolute Gasteiger partial charge is 0.467 e. The number of hydrogen-bond donors (Lipinski definition) is 2. The first-order valence-corrected chi connectivity index (χ1v) is 14.1. The highest BCUT2D eigenvalue weighted by atomic mass is 16.6. The van der Waals surface area contributed by atoms with Crippen molar-refractivity contribution in [1.29, 1.82) is 0 Å². The van der Waals surface area contributed by atoms with Gasteiger partial charge in [-0.05, 0) is 57.1 Å². The maximum atomic E-state index is 12.7. The summed E-state index contributed by atoms with van der Waals surface area (Å²) in [6.45, 7) is 6.01. The summed E-state index contributed by atoms with van der Waals surface area (Å²) in [5.41, 5.74) is 0.836. The molecule has 1 aliphatic rings. The standard InChI is InChI=1S/C31H40N4O8/c1-31(2,3)43-30(39)32-25(26(36)40-4)18-24-16-11-17-35(19-24)27(33-28(37)41-20-22-12-7-5-8-13-22)34-29(38)42-21-23-14-9-6-10-15-23/h5-10,12-15,24-25H,11,16-21H2,1-4H3,(H,32,39)(H,33,34,37,38)/t24?,25-/m0/s1. The van der Waals surface area contributed by atoms with Crippen LogP contribution in [0.1, 0.15) is 51.2 Å². The lowest BCUT2D eigenvalue weighted by Crippen LogP contribution is -2.51. The van der Waals surface area contributed by atoms with Crippen LogP contribution in [0.25, 0.3) is 0 Å². The lowest BCUT2D eigenvalue weighted by atomic mass is 9.91. The van der Waals surface area contributed by atoms with Gasteiger partial charge in [-0.2, -0.15) is 0 Å². The first-order valence-electron chi connectivity index (χ1n) is 14.1. The molecule has 2 aromatic carbocycles. The van der Waals surface area contributed by atoms with Crippen LogP contribution in [-0.4, -0.2) is 67.0 Å². The fourth-order valence-electron chi connectivity index (χ4n) is 4.46. The second-order valence-corrected chi connectivity index (χ2v) is 11.1. The fraction of sp³-hybridized carbons (Fsp3) is 0.452. The molecule has 2 atom stereocenters. The van der Waals surface area contributed by atoms with Crippen molar-refractivity contribution in [2.45, 2.75) is 64.9 Å². The zero-order valence-corrected chi connectivity index (χ0v) is 25.0. The van der Waals surface area contributed by atoms with Crippen molar-refractivity contribution in [3.8, 4) is 0 Å². The second kappa shape index (κ2) is 16.1. The van der Waals surface area contributed by atoms with Gasteiger partial charge in [0.15, 0.2) is 0 Å². The van der Waals surface area contributed by atoms with Crippen LogP contribution in [0.5, 0.6) is 0 Å². The number of likely N-dealkylation sites (tertiary alicyclic amines) is 1. The third-order valence-corrected chi connectivity index (χ3v) is 6.39. The van der Waals surface area contributed by atoms with Gasteiger partial charge in [0.2, 0.25) is 5.96 Å². The summed E-state index contributed by atoms with van der Waals surface area (Å²) in [5, 5.41) is 5.18. The zero-order chi connectivity index (χ0) is 31.2. The molecule has 0 aliphatic carbocycles. The van der Waals surface area contributed by atoms with Crippen molar-refractivity contribution in [2.75, 3.05) is 20.2 Å². The number of carbonyl (C=O) groups excluding carboxylic acids is 4. The number of amides is 3.